The molecule has 3 heterocycles. The predicted molar refractivity (Wildman–Crippen MR) is 366 cm³/mol. The van der Waals surface area contributed by atoms with Gasteiger partial charge in [0.15, 0.2) is 0 Å². The third-order valence-corrected chi connectivity index (χ3v) is 20.1. The average Bonchev–Trinajstić information content (AvgIpc) is 1.68. The van der Waals surface area contributed by atoms with Gasteiger partial charge in [0.05, 0.1) is 33.8 Å². The Morgan fingerprint density at radius 2 is 0.848 bits per heavy atom. The number of hydrogen-bond donors (Lipinski definition) is 6. The van der Waals surface area contributed by atoms with E-state index in [1.165, 1.54) is 67.1 Å². The van der Waals surface area contributed by atoms with Gasteiger partial charge in [-0.25, -0.2) is 13.2 Å². The molecule has 3 aromatic heterocycles. The summed E-state index contributed by atoms with van der Waals surface area (Å²) in [5.74, 6) is -4.65. The topological polar surface area (TPSA) is 241 Å². The maximum atomic E-state index is 13.9. The largest absolute Gasteiger partial charge is 0.411 e. The lowest BCUT2D eigenvalue weighted by molar-refractivity contribution is -0.207. The molecule has 99 heavy (non-hydrogen) atoms. The molecule has 1 atom stereocenters. The number of amides is 6. The Morgan fingerprint density at radius 1 is 0.495 bits per heavy atom. The number of nitrogens with one attached hydrogen (secondary N) is 6. The summed E-state index contributed by atoms with van der Waals surface area (Å²) in [5, 5.41) is 15.9. The smallest absolute Gasteiger partial charge is 0.346 e. The number of nitrogens with zero attached hydrogens (tertiary/aromatic N) is 3. The summed E-state index contributed by atoms with van der Waals surface area (Å²) in [4.78, 5) is 116. The standard InChI is InChI=1S/C25H29F4N3O3.C25H32FN3O3.C25H28FN3O3/c1-13-8-10-24(11-9-13,25(27,28)29)31-23(35)21(33)20-15(3)19(16(4)32(20)5)22(34)30-17-6-7-18(26)14(2)12-17;1-14-13-17(10-11-18(14)26)27-23(31)20-15(2)21(29(6)16(20)3)22(30)24(32)28-19-9-7-8-12-25(19,4)5;1-6-17-7-9-18(10-8-17)27-25(32)23(30)22-15(3)21(16(4)29(22)5)24(31)28-19-11-12-20(26)14(2)13-19/h6-7,12-13H,8-11H2,1-5H3,(H,30,34)(H,31,35);10-11,13,19H,7-9,12H2,1-6H3,(H,27,31)(H,28,32);1,11-13,17-18H,7-10H2,2-5H3,(H,27,32)(H,28,31). The summed E-state index contributed by atoms with van der Waals surface area (Å²) in [6.45, 7) is 20.6. The molecule has 0 spiro atoms. The second-order valence-corrected chi connectivity index (χ2v) is 27.4. The minimum absolute atomic E-state index is 0.0566. The molecule has 9 rings (SSSR count). The monoisotopic (exact) mass is 1370 g/mol. The molecule has 6 aromatic rings. The Balaban J connectivity index is 0.000000209. The number of anilines is 3. The number of terminal acetylenes is 1. The highest BCUT2D eigenvalue weighted by atomic mass is 19.4. The molecule has 0 saturated heterocycles. The normalized spacial score (nSPS) is 18.7. The Kier molecular flexibility index (Phi) is 24.2. The van der Waals surface area contributed by atoms with Crippen LogP contribution in [0.5, 0.6) is 0 Å². The van der Waals surface area contributed by atoms with Gasteiger partial charge in [0.2, 0.25) is 0 Å². The van der Waals surface area contributed by atoms with Gasteiger partial charge >= 0.3 is 6.18 Å². The molecule has 1 unspecified atom stereocenters. The van der Waals surface area contributed by atoms with Crippen molar-refractivity contribution >= 4 is 69.9 Å². The fraction of sp³-hybridized carbons (Fsp3) is 0.453. The summed E-state index contributed by atoms with van der Waals surface area (Å²) < 4.78 is 86.9. The van der Waals surface area contributed by atoms with Crippen LogP contribution in [0.25, 0.3) is 0 Å². The van der Waals surface area contributed by atoms with Gasteiger partial charge in [-0.15, -0.1) is 12.3 Å². The van der Waals surface area contributed by atoms with E-state index in [1.807, 2.05) is 12.2 Å². The summed E-state index contributed by atoms with van der Waals surface area (Å²) >= 11 is 0. The van der Waals surface area contributed by atoms with Crippen molar-refractivity contribution in [2.24, 2.45) is 38.4 Å². The number of ketones is 3. The van der Waals surface area contributed by atoms with E-state index in [-0.39, 0.29) is 94.9 Å². The fourth-order valence-electron chi connectivity index (χ4n) is 13.6. The molecule has 3 aliphatic rings. The van der Waals surface area contributed by atoms with Crippen molar-refractivity contribution in [2.75, 3.05) is 16.0 Å². The van der Waals surface area contributed by atoms with Gasteiger partial charge in [0, 0.05) is 73.3 Å². The van der Waals surface area contributed by atoms with Crippen molar-refractivity contribution in [3.63, 3.8) is 0 Å². The number of Topliss-reactive ketones (excluding diaryl/α,β-unsaturated/α-hetero) is 3. The van der Waals surface area contributed by atoms with E-state index >= 15 is 0 Å². The van der Waals surface area contributed by atoms with E-state index in [4.69, 9.17) is 6.42 Å². The van der Waals surface area contributed by atoms with E-state index in [2.05, 4.69) is 46.4 Å². The fourth-order valence-corrected chi connectivity index (χ4v) is 13.6. The highest BCUT2D eigenvalue weighted by molar-refractivity contribution is 6.44. The molecular formula is C75H89F6N9O9. The SMILES string of the molecule is C#CC1CCC(NC(=O)C(=O)c2c(C)c(C(=O)Nc3ccc(F)c(C)c3)c(C)n2C)CC1.Cc1cc(NC(=O)c2c(C)c(C(=O)C(=O)NC3(C(F)(F)F)CCC(C)CC3)n(C)c2C)ccc1F.Cc1cc(NC(=O)c2c(C)c(C(=O)C(=O)NC3CCCCC3(C)C)n(C)c2C)ccc1F. The molecule has 6 N–H and O–H groups in total. The summed E-state index contributed by atoms with van der Waals surface area (Å²) in [6, 6.07) is 12.5. The maximum Gasteiger partial charge on any atom is 0.411 e. The summed E-state index contributed by atoms with van der Waals surface area (Å²) in [6.07, 6.45) is 7.85. The van der Waals surface area contributed by atoms with Crippen molar-refractivity contribution in [3.05, 3.63) is 156 Å². The van der Waals surface area contributed by atoms with Crippen LogP contribution in [-0.2, 0) is 35.5 Å². The lowest BCUT2D eigenvalue weighted by Gasteiger charge is -2.41. The van der Waals surface area contributed by atoms with Crippen LogP contribution in [0.15, 0.2) is 54.6 Å². The molecule has 0 aliphatic heterocycles. The minimum atomic E-state index is -4.71. The maximum absolute atomic E-state index is 13.9. The molecule has 18 nitrogen and oxygen atoms in total. The van der Waals surface area contributed by atoms with Crippen molar-refractivity contribution in [2.45, 2.75) is 184 Å². The molecule has 0 bridgehead atoms. The van der Waals surface area contributed by atoms with Crippen LogP contribution in [0, 0.1) is 109 Å². The van der Waals surface area contributed by atoms with Crippen molar-refractivity contribution in [1.82, 2.24) is 29.7 Å². The second-order valence-electron chi connectivity index (χ2n) is 27.4. The molecule has 6 amide bonds. The van der Waals surface area contributed by atoms with Crippen molar-refractivity contribution in [1.29, 1.82) is 0 Å². The molecule has 3 saturated carbocycles. The van der Waals surface area contributed by atoms with Crippen LogP contribution >= 0.6 is 0 Å². The van der Waals surface area contributed by atoms with E-state index in [1.54, 1.807) is 84.7 Å². The number of carbonyl (C=O) groups is 9. The Morgan fingerprint density at radius 3 is 1.18 bits per heavy atom. The van der Waals surface area contributed by atoms with Gasteiger partial charge in [-0.05, 0) is 226 Å². The highest BCUT2D eigenvalue weighted by Crippen LogP contribution is 2.44. The lowest BCUT2D eigenvalue weighted by atomic mass is 9.73. The second kappa shape index (κ2) is 31.1. The zero-order valence-electron chi connectivity index (χ0n) is 58.9. The molecule has 0 radical (unpaired) electrons. The van der Waals surface area contributed by atoms with Gasteiger partial charge < -0.3 is 45.6 Å². The first-order valence-electron chi connectivity index (χ1n) is 33.1. The quantitative estimate of drug-likeness (QED) is 0.0248. The zero-order valence-corrected chi connectivity index (χ0v) is 58.9. The predicted octanol–water partition coefficient (Wildman–Crippen LogP) is 13.6. The van der Waals surface area contributed by atoms with Crippen LogP contribution in [0.1, 0.15) is 211 Å². The van der Waals surface area contributed by atoms with E-state index < -0.39 is 70.3 Å². The van der Waals surface area contributed by atoms with Crippen LogP contribution in [0.3, 0.4) is 0 Å². The Labute approximate surface area is 573 Å². The first-order chi connectivity index (χ1) is 46.2. The van der Waals surface area contributed by atoms with Crippen LogP contribution in [0.4, 0.5) is 43.4 Å². The van der Waals surface area contributed by atoms with Gasteiger partial charge in [0.25, 0.3) is 52.8 Å². The van der Waals surface area contributed by atoms with Crippen LogP contribution in [0.2, 0.25) is 0 Å². The highest BCUT2D eigenvalue weighted by Gasteiger charge is 2.57. The van der Waals surface area contributed by atoms with E-state index in [9.17, 15) is 69.5 Å². The van der Waals surface area contributed by atoms with Gasteiger partial charge in [0.1, 0.15) is 23.0 Å². The first-order valence-corrected chi connectivity index (χ1v) is 33.1. The molecule has 3 aromatic carbocycles. The third-order valence-electron chi connectivity index (χ3n) is 20.1. The third kappa shape index (κ3) is 17.0. The van der Waals surface area contributed by atoms with Gasteiger partial charge in [-0.2, -0.15) is 13.2 Å². The minimum Gasteiger partial charge on any atom is -0.346 e. The Hall–Kier alpha value is -9.53. The number of halogens is 6. The zero-order chi connectivity index (χ0) is 73.7. The van der Waals surface area contributed by atoms with Gasteiger partial charge in [-0.1, -0.05) is 33.6 Å². The summed E-state index contributed by atoms with van der Waals surface area (Å²) in [5.41, 5.74) is 3.40. The lowest BCUT2D eigenvalue weighted by Crippen LogP contribution is -2.61. The first kappa shape index (κ1) is 76.8. The number of benzene rings is 3. The molecule has 24 heteroatoms. The average molecular weight is 1370 g/mol. The number of aryl methyl sites for hydroxylation is 3. The number of alkyl halides is 3. The van der Waals surface area contributed by atoms with Crippen LogP contribution < -0.4 is 31.9 Å². The molecular weight excluding hydrogens is 1280 g/mol. The van der Waals surface area contributed by atoms with Crippen molar-refractivity contribution < 1.29 is 69.5 Å². The molecule has 3 fully saturated rings. The van der Waals surface area contributed by atoms with E-state index in [0.29, 0.717) is 73.1 Å². The number of carbonyl (C=O) groups excluding carboxylic acids is 9. The number of rotatable bonds is 15. The van der Waals surface area contributed by atoms with E-state index in [0.717, 1.165) is 51.4 Å². The van der Waals surface area contributed by atoms with Crippen molar-refractivity contribution in [3.8, 4) is 12.3 Å². The van der Waals surface area contributed by atoms with Gasteiger partial charge in [-0.3, -0.25) is 43.2 Å². The number of aromatic nitrogens is 3. The number of hydrogen-bond acceptors (Lipinski definition) is 9. The molecule has 530 valence electrons. The molecule has 3 aliphatic carbocycles. The summed E-state index contributed by atoms with van der Waals surface area (Å²) in [7, 11) is 4.79. The van der Waals surface area contributed by atoms with Crippen LogP contribution in [-0.4, -0.2) is 90.3 Å². The Bertz CT molecular complexity index is 4230.